The smallest absolute Gasteiger partial charge is 0.238 e. The van der Waals surface area contributed by atoms with Gasteiger partial charge in [-0.15, -0.1) is 0 Å². The molecule has 0 fully saturated rings. The fourth-order valence-electron chi connectivity index (χ4n) is 1.95. The third-order valence-corrected chi connectivity index (χ3v) is 3.65. The predicted molar refractivity (Wildman–Crippen MR) is 85.5 cm³/mol. The van der Waals surface area contributed by atoms with Gasteiger partial charge in [-0.1, -0.05) is 22.0 Å². The van der Waals surface area contributed by atoms with Gasteiger partial charge in [-0.3, -0.25) is 4.79 Å². The van der Waals surface area contributed by atoms with Crippen LogP contribution in [-0.2, 0) is 4.79 Å². The molecule has 0 bridgehead atoms. The minimum Gasteiger partial charge on any atom is -0.325 e. The number of anilines is 1. The van der Waals surface area contributed by atoms with E-state index in [1.54, 1.807) is 19.1 Å². The summed E-state index contributed by atoms with van der Waals surface area (Å²) in [7, 11) is 0. The lowest BCUT2D eigenvalue weighted by Gasteiger charge is -2.15. The molecule has 0 aliphatic heterocycles. The maximum absolute atomic E-state index is 13.6. The predicted octanol–water partition coefficient (Wildman–Crippen LogP) is 4.02. The zero-order valence-corrected chi connectivity index (χ0v) is 13.5. The van der Waals surface area contributed by atoms with Crippen molar-refractivity contribution < 1.29 is 13.6 Å². The molecule has 0 aromatic heterocycles. The molecule has 1 atom stereocenters. The Labute approximate surface area is 135 Å². The second-order valence-electron chi connectivity index (χ2n) is 4.82. The van der Waals surface area contributed by atoms with Crippen LogP contribution in [0.2, 0.25) is 0 Å². The number of amides is 1. The van der Waals surface area contributed by atoms with Gasteiger partial charge in [0.1, 0.15) is 11.6 Å². The van der Waals surface area contributed by atoms with Crippen molar-refractivity contribution in [2.24, 2.45) is 0 Å². The Kier molecular flexibility index (Phi) is 5.63. The van der Waals surface area contributed by atoms with Crippen molar-refractivity contribution in [3.05, 3.63) is 64.1 Å². The van der Waals surface area contributed by atoms with Gasteiger partial charge in [0.05, 0.1) is 6.54 Å². The average molecular weight is 369 g/mol. The highest BCUT2D eigenvalue weighted by atomic mass is 79.9. The van der Waals surface area contributed by atoms with Gasteiger partial charge in [0.2, 0.25) is 5.91 Å². The maximum Gasteiger partial charge on any atom is 0.238 e. The first-order valence-corrected chi connectivity index (χ1v) is 7.49. The summed E-state index contributed by atoms with van der Waals surface area (Å²) in [6, 6.07) is 10.2. The topological polar surface area (TPSA) is 41.1 Å². The monoisotopic (exact) mass is 368 g/mol. The lowest BCUT2D eigenvalue weighted by atomic mass is 10.1. The van der Waals surface area contributed by atoms with Crippen molar-refractivity contribution in [3.8, 4) is 0 Å². The van der Waals surface area contributed by atoms with Crippen molar-refractivity contribution in [3.63, 3.8) is 0 Å². The summed E-state index contributed by atoms with van der Waals surface area (Å²) in [6.45, 7) is 1.73. The van der Waals surface area contributed by atoms with Gasteiger partial charge in [0.25, 0.3) is 0 Å². The summed E-state index contributed by atoms with van der Waals surface area (Å²) >= 11 is 3.31. The van der Waals surface area contributed by atoms with E-state index in [0.29, 0.717) is 11.3 Å². The van der Waals surface area contributed by atoms with Crippen LogP contribution in [0.3, 0.4) is 0 Å². The number of benzene rings is 2. The highest BCUT2D eigenvalue weighted by molar-refractivity contribution is 9.10. The van der Waals surface area contributed by atoms with Crippen LogP contribution in [0.15, 0.2) is 46.9 Å². The number of halogens is 3. The number of hydrogen-bond donors (Lipinski definition) is 2. The van der Waals surface area contributed by atoms with Gasteiger partial charge in [0, 0.05) is 27.8 Å². The molecule has 0 spiro atoms. The molecule has 0 aliphatic rings. The number of carbonyl (C=O) groups is 1. The highest BCUT2D eigenvalue weighted by Gasteiger charge is 2.12. The van der Waals surface area contributed by atoms with E-state index in [-0.39, 0.29) is 12.5 Å². The largest absolute Gasteiger partial charge is 0.325 e. The van der Waals surface area contributed by atoms with Crippen molar-refractivity contribution in [1.82, 2.24) is 5.32 Å². The lowest BCUT2D eigenvalue weighted by molar-refractivity contribution is -0.115. The molecule has 2 rings (SSSR count). The highest BCUT2D eigenvalue weighted by Crippen LogP contribution is 2.17. The number of hydrogen-bond acceptors (Lipinski definition) is 2. The second-order valence-corrected chi connectivity index (χ2v) is 5.74. The zero-order chi connectivity index (χ0) is 16.1. The Morgan fingerprint density at radius 3 is 2.50 bits per heavy atom. The average Bonchev–Trinajstić information content (AvgIpc) is 2.47. The fraction of sp³-hybridized carbons (Fsp3) is 0.188. The normalized spacial score (nSPS) is 12.0. The van der Waals surface area contributed by atoms with Crippen LogP contribution in [-0.4, -0.2) is 12.5 Å². The minimum absolute atomic E-state index is 0.0219. The van der Waals surface area contributed by atoms with E-state index in [9.17, 15) is 13.6 Å². The minimum atomic E-state index is -0.631. The molecule has 2 aromatic carbocycles. The molecular formula is C16H15BrF2N2O. The van der Waals surface area contributed by atoms with E-state index in [2.05, 4.69) is 26.6 Å². The Hall–Kier alpha value is -1.79. The van der Waals surface area contributed by atoms with E-state index in [1.165, 1.54) is 12.1 Å². The molecule has 0 saturated heterocycles. The van der Waals surface area contributed by atoms with E-state index in [0.717, 1.165) is 10.5 Å². The van der Waals surface area contributed by atoms with Crippen molar-refractivity contribution >= 4 is 27.5 Å². The van der Waals surface area contributed by atoms with Crippen molar-refractivity contribution in [2.75, 3.05) is 11.9 Å². The molecule has 0 radical (unpaired) electrons. The summed E-state index contributed by atoms with van der Waals surface area (Å²) < 4.78 is 27.4. The molecule has 3 nitrogen and oxygen atoms in total. The molecule has 0 unspecified atom stereocenters. The SMILES string of the molecule is C[C@@H](NCC(=O)Nc1ccc(Br)cc1)c1ccc(F)cc1F. The molecule has 2 N–H and O–H groups in total. The fourth-order valence-corrected chi connectivity index (χ4v) is 2.21. The van der Waals surface area contributed by atoms with Gasteiger partial charge < -0.3 is 10.6 Å². The zero-order valence-electron chi connectivity index (χ0n) is 11.9. The molecule has 0 saturated carbocycles. The summed E-state index contributed by atoms with van der Waals surface area (Å²) in [5.41, 5.74) is 0.994. The quantitative estimate of drug-likeness (QED) is 0.836. The van der Waals surface area contributed by atoms with Gasteiger partial charge in [-0.2, -0.15) is 0 Å². The van der Waals surface area contributed by atoms with Crippen molar-refractivity contribution in [2.45, 2.75) is 13.0 Å². The summed E-state index contributed by atoms with van der Waals surface area (Å²) in [5.74, 6) is -1.49. The third-order valence-electron chi connectivity index (χ3n) is 3.13. The van der Waals surface area contributed by atoms with E-state index in [4.69, 9.17) is 0 Å². The van der Waals surface area contributed by atoms with Gasteiger partial charge in [-0.05, 0) is 37.3 Å². The summed E-state index contributed by atoms with van der Waals surface area (Å²) in [6.07, 6.45) is 0. The van der Waals surface area contributed by atoms with Crippen LogP contribution in [0, 0.1) is 11.6 Å². The Bertz CT molecular complexity index is 662. The van der Waals surface area contributed by atoms with E-state index < -0.39 is 17.7 Å². The first-order valence-electron chi connectivity index (χ1n) is 6.69. The second kappa shape index (κ2) is 7.47. The van der Waals surface area contributed by atoms with Gasteiger partial charge >= 0.3 is 0 Å². The lowest BCUT2D eigenvalue weighted by Crippen LogP contribution is -2.30. The van der Waals surface area contributed by atoms with Gasteiger partial charge in [0.15, 0.2) is 0 Å². The Morgan fingerprint density at radius 2 is 1.86 bits per heavy atom. The molecular weight excluding hydrogens is 354 g/mol. The van der Waals surface area contributed by atoms with Crippen molar-refractivity contribution in [1.29, 1.82) is 0 Å². The Morgan fingerprint density at radius 1 is 1.18 bits per heavy atom. The van der Waals surface area contributed by atoms with Crippen LogP contribution in [0.25, 0.3) is 0 Å². The van der Waals surface area contributed by atoms with Crippen LogP contribution >= 0.6 is 15.9 Å². The molecule has 116 valence electrons. The standard InChI is InChI=1S/C16H15BrF2N2O/c1-10(14-7-4-12(18)8-15(14)19)20-9-16(22)21-13-5-2-11(17)3-6-13/h2-8,10,20H,9H2,1H3,(H,21,22)/t10-/m1/s1. The molecule has 6 heteroatoms. The molecule has 22 heavy (non-hydrogen) atoms. The number of carbonyl (C=O) groups excluding carboxylic acids is 1. The van der Waals surface area contributed by atoms with Crippen LogP contribution < -0.4 is 10.6 Å². The summed E-state index contributed by atoms with van der Waals surface area (Å²) in [5, 5.41) is 5.63. The number of nitrogens with one attached hydrogen (secondary N) is 2. The third kappa shape index (κ3) is 4.61. The molecule has 0 aliphatic carbocycles. The first kappa shape index (κ1) is 16.6. The van der Waals surface area contributed by atoms with Crippen LogP contribution in [0.5, 0.6) is 0 Å². The number of rotatable bonds is 5. The van der Waals surface area contributed by atoms with Crippen LogP contribution in [0.1, 0.15) is 18.5 Å². The Balaban J connectivity index is 1.88. The summed E-state index contributed by atoms with van der Waals surface area (Å²) in [4.78, 5) is 11.8. The van der Waals surface area contributed by atoms with Gasteiger partial charge in [-0.25, -0.2) is 8.78 Å². The van der Waals surface area contributed by atoms with E-state index >= 15 is 0 Å². The van der Waals surface area contributed by atoms with E-state index in [1.807, 2.05) is 12.1 Å². The molecule has 1 amide bonds. The molecule has 0 heterocycles. The maximum atomic E-state index is 13.6. The molecule has 2 aromatic rings. The van der Waals surface area contributed by atoms with Crippen LogP contribution in [0.4, 0.5) is 14.5 Å². The first-order chi connectivity index (χ1) is 10.5.